The molecule has 0 aromatic carbocycles. The molecule has 3 N–H and O–H groups in total. The number of nitrogens with zero attached hydrogens (tertiary/aromatic N) is 4. The van der Waals surface area contributed by atoms with Gasteiger partial charge in [-0.1, -0.05) is 37.2 Å². The summed E-state index contributed by atoms with van der Waals surface area (Å²) in [5.74, 6) is 1.08. The molecule has 0 unspecified atom stereocenters. The van der Waals surface area contributed by atoms with Crippen molar-refractivity contribution in [3.8, 4) is 0 Å². The van der Waals surface area contributed by atoms with Crippen molar-refractivity contribution < 1.29 is 5.11 Å². The molecule has 2 aromatic rings. The molecule has 25 heavy (non-hydrogen) atoms. The average molecular weight is 380 g/mol. The lowest BCUT2D eigenvalue weighted by Gasteiger charge is -2.43. The van der Waals surface area contributed by atoms with Crippen LogP contribution in [0, 0.1) is 5.41 Å². The number of halogens is 1. The summed E-state index contributed by atoms with van der Waals surface area (Å²) < 4.78 is 0. The van der Waals surface area contributed by atoms with Crippen LogP contribution in [0.4, 0.5) is 11.6 Å². The minimum Gasteiger partial charge on any atom is -0.391 e. The summed E-state index contributed by atoms with van der Waals surface area (Å²) >= 11 is 7.55. The molecule has 0 saturated carbocycles. The van der Waals surface area contributed by atoms with Gasteiger partial charge in [0.2, 0.25) is 0 Å². The van der Waals surface area contributed by atoms with E-state index in [2.05, 4.69) is 33.7 Å². The fourth-order valence-corrected chi connectivity index (χ4v) is 3.84. The second-order valence-electron chi connectivity index (χ2n) is 6.54. The number of anilines is 2. The van der Waals surface area contributed by atoms with Crippen LogP contribution in [0.1, 0.15) is 26.7 Å². The Morgan fingerprint density at radius 1 is 1.40 bits per heavy atom. The summed E-state index contributed by atoms with van der Waals surface area (Å²) in [5.41, 5.74) is 5.70. The number of aliphatic hydroxyl groups is 1. The van der Waals surface area contributed by atoms with Crippen molar-refractivity contribution >= 4 is 35.0 Å². The monoisotopic (exact) mass is 379 g/mol. The molecule has 0 amide bonds. The van der Waals surface area contributed by atoms with Crippen molar-refractivity contribution in [2.24, 2.45) is 5.41 Å². The fraction of sp³-hybridized carbons (Fsp3) is 0.471. The van der Waals surface area contributed by atoms with Crippen LogP contribution in [0.2, 0.25) is 5.02 Å². The fourth-order valence-electron chi connectivity index (χ4n) is 2.86. The van der Waals surface area contributed by atoms with Crippen LogP contribution >= 0.6 is 23.4 Å². The third-order valence-electron chi connectivity index (χ3n) is 4.99. The summed E-state index contributed by atoms with van der Waals surface area (Å²) in [6.07, 6.45) is 6.62. The Bertz CT molecular complexity index is 744. The zero-order valence-electron chi connectivity index (χ0n) is 14.3. The summed E-state index contributed by atoms with van der Waals surface area (Å²) in [6, 6.07) is 1.80. The SMILES string of the molecule is CC[C@@]1(C)CCN(c2cnc(Sc3ccnc(N)c3Cl)cn2)C[C@@H]1O. The Morgan fingerprint density at radius 3 is 2.84 bits per heavy atom. The van der Waals surface area contributed by atoms with Gasteiger partial charge < -0.3 is 15.7 Å². The Hall–Kier alpha value is -1.57. The van der Waals surface area contributed by atoms with E-state index in [1.54, 1.807) is 24.7 Å². The zero-order valence-corrected chi connectivity index (χ0v) is 15.9. The van der Waals surface area contributed by atoms with E-state index in [4.69, 9.17) is 17.3 Å². The number of hydrogen-bond donors (Lipinski definition) is 2. The van der Waals surface area contributed by atoms with E-state index in [0.717, 1.165) is 35.1 Å². The largest absolute Gasteiger partial charge is 0.391 e. The quantitative estimate of drug-likeness (QED) is 0.842. The Kier molecular flexibility index (Phi) is 5.36. The Labute approximate surface area is 156 Å². The average Bonchev–Trinajstić information content (AvgIpc) is 2.62. The van der Waals surface area contributed by atoms with Gasteiger partial charge in [0.1, 0.15) is 16.7 Å². The molecule has 134 valence electrons. The van der Waals surface area contributed by atoms with E-state index in [1.807, 2.05) is 0 Å². The molecule has 0 radical (unpaired) electrons. The molecule has 1 aliphatic rings. The smallest absolute Gasteiger partial charge is 0.147 e. The van der Waals surface area contributed by atoms with Crippen LogP contribution in [-0.4, -0.2) is 39.3 Å². The second kappa shape index (κ2) is 7.35. The molecule has 6 nitrogen and oxygen atoms in total. The van der Waals surface area contributed by atoms with Crippen molar-refractivity contribution in [2.45, 2.75) is 42.7 Å². The lowest BCUT2D eigenvalue weighted by atomic mass is 9.76. The highest BCUT2D eigenvalue weighted by Crippen LogP contribution is 2.36. The molecule has 0 spiro atoms. The number of nitrogens with two attached hydrogens (primary N) is 1. The van der Waals surface area contributed by atoms with Crippen molar-refractivity contribution in [3.63, 3.8) is 0 Å². The number of aromatic nitrogens is 3. The number of piperidine rings is 1. The number of aliphatic hydroxyl groups excluding tert-OH is 1. The van der Waals surface area contributed by atoms with E-state index >= 15 is 0 Å². The van der Waals surface area contributed by atoms with Gasteiger partial charge in [0, 0.05) is 24.2 Å². The van der Waals surface area contributed by atoms with E-state index in [1.165, 1.54) is 11.8 Å². The van der Waals surface area contributed by atoms with Gasteiger partial charge in [-0.05, 0) is 24.3 Å². The van der Waals surface area contributed by atoms with Crippen LogP contribution < -0.4 is 10.6 Å². The molecule has 1 fully saturated rings. The standard InChI is InChI=1S/C17H22ClN5OS/c1-3-17(2)5-7-23(10-12(17)24)13-8-22-14(9-21-13)25-11-4-6-20-16(19)15(11)18/h4,6,8-9,12,24H,3,5,7,10H2,1-2H3,(H2,19,20)/t12-,17-/m0/s1. The van der Waals surface area contributed by atoms with E-state index in [-0.39, 0.29) is 11.5 Å². The minimum absolute atomic E-state index is 0.0161. The minimum atomic E-state index is -0.360. The summed E-state index contributed by atoms with van der Waals surface area (Å²) in [4.78, 5) is 15.8. The lowest BCUT2D eigenvalue weighted by molar-refractivity contribution is 0.0187. The molecule has 3 heterocycles. The molecule has 1 aliphatic heterocycles. The first-order valence-electron chi connectivity index (χ1n) is 8.26. The Morgan fingerprint density at radius 2 is 2.20 bits per heavy atom. The van der Waals surface area contributed by atoms with E-state index < -0.39 is 0 Å². The van der Waals surface area contributed by atoms with Gasteiger partial charge in [-0.2, -0.15) is 0 Å². The van der Waals surface area contributed by atoms with Gasteiger partial charge >= 0.3 is 0 Å². The van der Waals surface area contributed by atoms with Crippen molar-refractivity contribution in [3.05, 3.63) is 29.7 Å². The first-order chi connectivity index (χ1) is 11.9. The van der Waals surface area contributed by atoms with Crippen LogP contribution in [0.3, 0.4) is 0 Å². The van der Waals surface area contributed by atoms with Crippen LogP contribution in [-0.2, 0) is 0 Å². The molecule has 1 saturated heterocycles. The first-order valence-corrected chi connectivity index (χ1v) is 9.45. The number of β-amino-alcohol motifs (C(OH)–C–C–N with tert-alkyl or cyclic N) is 1. The van der Waals surface area contributed by atoms with Crippen molar-refractivity contribution in [1.29, 1.82) is 0 Å². The highest BCUT2D eigenvalue weighted by molar-refractivity contribution is 7.99. The molecule has 2 aromatic heterocycles. The maximum Gasteiger partial charge on any atom is 0.147 e. The topological polar surface area (TPSA) is 88.2 Å². The van der Waals surface area contributed by atoms with Crippen LogP contribution in [0.15, 0.2) is 34.6 Å². The van der Waals surface area contributed by atoms with Gasteiger partial charge in [0.15, 0.2) is 0 Å². The number of hydrogen-bond acceptors (Lipinski definition) is 7. The predicted octanol–water partition coefficient (Wildman–Crippen LogP) is 3.25. The Balaban J connectivity index is 1.70. The van der Waals surface area contributed by atoms with E-state index in [9.17, 15) is 5.11 Å². The highest BCUT2D eigenvalue weighted by Gasteiger charge is 2.37. The summed E-state index contributed by atoms with van der Waals surface area (Å²) in [6.45, 7) is 5.72. The molecule has 3 rings (SSSR count). The van der Waals surface area contributed by atoms with E-state index in [0.29, 0.717) is 17.4 Å². The summed E-state index contributed by atoms with van der Waals surface area (Å²) in [5, 5.41) is 11.6. The molecule has 0 aliphatic carbocycles. The van der Waals surface area contributed by atoms with Gasteiger partial charge in [0.05, 0.1) is 23.5 Å². The molecular weight excluding hydrogens is 358 g/mol. The maximum atomic E-state index is 10.4. The molecule has 0 bridgehead atoms. The van der Waals surface area contributed by atoms with Gasteiger partial charge in [-0.25, -0.2) is 15.0 Å². The highest BCUT2D eigenvalue weighted by atomic mass is 35.5. The summed E-state index contributed by atoms with van der Waals surface area (Å²) in [7, 11) is 0. The first kappa shape index (κ1) is 18.2. The third-order valence-corrected chi connectivity index (χ3v) is 6.48. The van der Waals surface area contributed by atoms with Gasteiger partial charge in [0.25, 0.3) is 0 Å². The zero-order chi connectivity index (χ0) is 18.0. The third kappa shape index (κ3) is 3.83. The van der Waals surface area contributed by atoms with Gasteiger partial charge in [-0.3, -0.25) is 0 Å². The van der Waals surface area contributed by atoms with Crippen LogP contribution in [0.25, 0.3) is 0 Å². The second-order valence-corrected chi connectivity index (χ2v) is 7.98. The number of nitrogen functional groups attached to an aromatic ring is 1. The molecular formula is C17H22ClN5OS. The maximum absolute atomic E-state index is 10.4. The van der Waals surface area contributed by atoms with Crippen molar-refractivity contribution in [2.75, 3.05) is 23.7 Å². The van der Waals surface area contributed by atoms with Crippen LogP contribution in [0.5, 0.6) is 0 Å². The molecule has 2 atom stereocenters. The lowest BCUT2D eigenvalue weighted by Crippen LogP contribution is -2.49. The van der Waals surface area contributed by atoms with Crippen molar-refractivity contribution in [1.82, 2.24) is 15.0 Å². The number of rotatable bonds is 4. The molecule has 8 heteroatoms. The normalized spacial score (nSPS) is 23.7. The predicted molar refractivity (Wildman–Crippen MR) is 101 cm³/mol. The van der Waals surface area contributed by atoms with Gasteiger partial charge in [-0.15, -0.1) is 0 Å². The number of pyridine rings is 1.